The Morgan fingerprint density at radius 1 is 1.42 bits per heavy atom. The van der Waals surface area contributed by atoms with Crippen LogP contribution in [-0.2, 0) is 4.79 Å². The summed E-state index contributed by atoms with van der Waals surface area (Å²) in [7, 11) is 0. The topological polar surface area (TPSA) is 79.5 Å². The first-order valence-corrected chi connectivity index (χ1v) is 8.46. The number of hydrogen-bond donors (Lipinski definition) is 1. The van der Waals surface area contributed by atoms with Crippen molar-refractivity contribution in [2.45, 2.75) is 32.2 Å². The van der Waals surface area contributed by atoms with Gasteiger partial charge in [-0.3, -0.25) is 9.69 Å². The second kappa shape index (κ2) is 5.70. The Labute approximate surface area is 140 Å². The van der Waals surface area contributed by atoms with Crippen LogP contribution in [0.15, 0.2) is 34.9 Å². The smallest absolute Gasteiger partial charge is 0.311 e. The van der Waals surface area contributed by atoms with Gasteiger partial charge < -0.3 is 9.63 Å². The molecule has 6 heteroatoms. The largest absolute Gasteiger partial charge is 0.481 e. The first-order valence-electron chi connectivity index (χ1n) is 8.46. The molecule has 1 saturated carbocycles. The van der Waals surface area contributed by atoms with Gasteiger partial charge in [-0.25, -0.2) is 0 Å². The summed E-state index contributed by atoms with van der Waals surface area (Å²) in [5.74, 6) is 0.698. The lowest BCUT2D eigenvalue weighted by Crippen LogP contribution is -2.36. The molecule has 0 amide bonds. The molecule has 2 fully saturated rings. The number of hydrogen-bond acceptors (Lipinski definition) is 5. The second-order valence-corrected chi connectivity index (χ2v) is 6.98. The molecule has 1 aliphatic heterocycles. The number of carboxylic acids is 1. The molecule has 0 radical (unpaired) electrons. The van der Waals surface area contributed by atoms with Crippen LogP contribution in [0.1, 0.15) is 38.1 Å². The number of rotatable bonds is 4. The Kier molecular flexibility index (Phi) is 3.64. The Balaban J connectivity index is 1.54. The summed E-state index contributed by atoms with van der Waals surface area (Å²) in [5.41, 5.74) is 0.330. The van der Waals surface area contributed by atoms with Crippen LogP contribution in [0.2, 0.25) is 0 Å². The Morgan fingerprint density at radius 3 is 2.92 bits per heavy atom. The van der Waals surface area contributed by atoms with Gasteiger partial charge >= 0.3 is 5.97 Å². The highest BCUT2D eigenvalue weighted by atomic mass is 16.5. The number of likely N-dealkylation sites (tertiary alicyclic amines) is 1. The van der Waals surface area contributed by atoms with E-state index >= 15 is 0 Å². The minimum absolute atomic E-state index is 0.0724. The van der Waals surface area contributed by atoms with Crippen LogP contribution in [0, 0.1) is 11.3 Å². The zero-order chi connectivity index (χ0) is 16.7. The molecule has 2 heterocycles. The molecule has 24 heavy (non-hydrogen) atoms. The van der Waals surface area contributed by atoms with E-state index in [1.54, 1.807) is 0 Å². The van der Waals surface area contributed by atoms with Gasteiger partial charge in [0, 0.05) is 18.7 Å². The van der Waals surface area contributed by atoms with Crippen LogP contribution in [0.5, 0.6) is 0 Å². The van der Waals surface area contributed by atoms with Crippen molar-refractivity contribution in [3.05, 3.63) is 36.2 Å². The van der Waals surface area contributed by atoms with Crippen molar-refractivity contribution in [2.24, 2.45) is 11.3 Å². The summed E-state index contributed by atoms with van der Waals surface area (Å²) in [6, 6.07) is 9.64. The molecule has 1 N–H and O–H groups in total. The second-order valence-electron chi connectivity index (χ2n) is 6.98. The fourth-order valence-corrected chi connectivity index (χ4v) is 4.24. The van der Waals surface area contributed by atoms with E-state index < -0.39 is 11.4 Å². The third-order valence-corrected chi connectivity index (χ3v) is 5.70. The summed E-state index contributed by atoms with van der Waals surface area (Å²) in [5, 5.41) is 13.8. The SMILES string of the molecule is CC(c1nc(-c2ccccc2)no1)N1C[C@@H]2CCC[C@@]2(C(=O)O)C1. The number of benzene rings is 1. The zero-order valence-electron chi connectivity index (χ0n) is 13.7. The van der Waals surface area contributed by atoms with Crippen LogP contribution < -0.4 is 0 Å². The predicted octanol–water partition coefficient (Wildman–Crippen LogP) is 2.98. The Bertz CT molecular complexity index is 745. The molecule has 4 rings (SSSR count). The van der Waals surface area contributed by atoms with Crippen molar-refractivity contribution in [2.75, 3.05) is 13.1 Å². The van der Waals surface area contributed by atoms with Crippen molar-refractivity contribution < 1.29 is 14.4 Å². The highest BCUT2D eigenvalue weighted by Gasteiger charge is 2.55. The molecule has 126 valence electrons. The third kappa shape index (κ3) is 2.33. The van der Waals surface area contributed by atoms with E-state index in [4.69, 9.17) is 4.52 Å². The molecule has 1 saturated heterocycles. The van der Waals surface area contributed by atoms with Gasteiger partial charge in [0.15, 0.2) is 0 Å². The van der Waals surface area contributed by atoms with E-state index in [0.29, 0.717) is 18.3 Å². The maximum atomic E-state index is 11.8. The molecule has 2 aliphatic rings. The van der Waals surface area contributed by atoms with Crippen LogP contribution in [-0.4, -0.2) is 39.2 Å². The quantitative estimate of drug-likeness (QED) is 0.930. The number of carbonyl (C=O) groups is 1. The first-order chi connectivity index (χ1) is 11.6. The van der Waals surface area contributed by atoms with Gasteiger partial charge in [0.2, 0.25) is 11.7 Å². The van der Waals surface area contributed by atoms with Crippen LogP contribution in [0.3, 0.4) is 0 Å². The van der Waals surface area contributed by atoms with E-state index in [2.05, 4.69) is 15.0 Å². The van der Waals surface area contributed by atoms with E-state index in [1.807, 2.05) is 37.3 Å². The predicted molar refractivity (Wildman–Crippen MR) is 87.1 cm³/mol. The molecule has 1 aromatic carbocycles. The minimum Gasteiger partial charge on any atom is -0.481 e. The van der Waals surface area contributed by atoms with Crippen molar-refractivity contribution >= 4 is 5.97 Å². The van der Waals surface area contributed by atoms with E-state index in [0.717, 1.165) is 31.4 Å². The van der Waals surface area contributed by atoms with E-state index in [9.17, 15) is 9.90 Å². The summed E-state index contributed by atoms with van der Waals surface area (Å²) < 4.78 is 5.46. The van der Waals surface area contributed by atoms with Crippen molar-refractivity contribution in [3.63, 3.8) is 0 Å². The van der Waals surface area contributed by atoms with Gasteiger partial charge in [-0.2, -0.15) is 4.98 Å². The minimum atomic E-state index is -0.657. The molecule has 1 unspecified atom stereocenters. The summed E-state index contributed by atoms with van der Waals surface area (Å²) >= 11 is 0. The third-order valence-electron chi connectivity index (χ3n) is 5.70. The molecule has 1 aromatic heterocycles. The van der Waals surface area contributed by atoms with Gasteiger partial charge in [-0.1, -0.05) is 41.9 Å². The lowest BCUT2D eigenvalue weighted by molar-refractivity contribution is -0.149. The maximum Gasteiger partial charge on any atom is 0.311 e. The molecule has 0 spiro atoms. The first kappa shape index (κ1) is 15.3. The standard InChI is InChI=1S/C18H21N3O3/c1-12(16-19-15(20-24-16)13-6-3-2-4-7-13)21-10-14-8-5-9-18(14,11-21)17(22)23/h2-4,6-7,12,14H,5,8-11H2,1H3,(H,22,23)/t12?,14-,18+/m0/s1. The van der Waals surface area contributed by atoms with E-state index in [1.165, 1.54) is 0 Å². The fraction of sp³-hybridized carbons (Fsp3) is 0.500. The lowest BCUT2D eigenvalue weighted by atomic mass is 9.81. The van der Waals surface area contributed by atoms with Gasteiger partial charge in [0.25, 0.3) is 0 Å². The number of aliphatic carboxylic acids is 1. The number of aromatic nitrogens is 2. The average Bonchev–Trinajstić information content (AvgIpc) is 3.29. The number of fused-ring (bicyclic) bond motifs is 1. The Morgan fingerprint density at radius 2 is 2.21 bits per heavy atom. The number of carboxylic acid groups (broad SMARTS) is 1. The van der Waals surface area contributed by atoms with Crippen molar-refractivity contribution in [1.29, 1.82) is 0 Å². The maximum absolute atomic E-state index is 11.8. The van der Waals surface area contributed by atoms with Crippen LogP contribution in [0.4, 0.5) is 0 Å². The zero-order valence-corrected chi connectivity index (χ0v) is 13.7. The molecule has 0 bridgehead atoms. The number of nitrogens with zero attached hydrogens (tertiary/aromatic N) is 3. The highest BCUT2D eigenvalue weighted by molar-refractivity contribution is 5.76. The molecule has 6 nitrogen and oxygen atoms in total. The van der Waals surface area contributed by atoms with Gasteiger partial charge in [-0.15, -0.1) is 0 Å². The molecular formula is C18H21N3O3. The summed E-state index contributed by atoms with van der Waals surface area (Å²) in [6.45, 7) is 3.37. The van der Waals surface area contributed by atoms with E-state index in [-0.39, 0.29) is 12.0 Å². The van der Waals surface area contributed by atoms with Crippen molar-refractivity contribution in [3.8, 4) is 11.4 Å². The highest BCUT2D eigenvalue weighted by Crippen LogP contribution is 2.50. The lowest BCUT2D eigenvalue weighted by Gasteiger charge is -2.25. The molecule has 2 aromatic rings. The molecule has 3 atom stereocenters. The summed E-state index contributed by atoms with van der Waals surface area (Å²) in [4.78, 5) is 18.5. The molecular weight excluding hydrogens is 306 g/mol. The fourth-order valence-electron chi connectivity index (χ4n) is 4.24. The van der Waals surface area contributed by atoms with Gasteiger partial charge in [-0.05, 0) is 25.7 Å². The van der Waals surface area contributed by atoms with Crippen LogP contribution in [0.25, 0.3) is 11.4 Å². The monoisotopic (exact) mass is 327 g/mol. The van der Waals surface area contributed by atoms with Gasteiger partial charge in [0.05, 0.1) is 11.5 Å². The molecule has 1 aliphatic carbocycles. The van der Waals surface area contributed by atoms with Gasteiger partial charge in [0.1, 0.15) is 0 Å². The van der Waals surface area contributed by atoms with Crippen molar-refractivity contribution in [1.82, 2.24) is 15.0 Å². The normalized spacial score (nSPS) is 28.0. The summed E-state index contributed by atoms with van der Waals surface area (Å²) in [6.07, 6.45) is 2.78. The van der Waals surface area contributed by atoms with Crippen LogP contribution >= 0.6 is 0 Å². The average molecular weight is 327 g/mol. The Hall–Kier alpha value is -2.21.